The molecule has 0 aliphatic heterocycles. The molecule has 200 valence electrons. The first-order chi connectivity index (χ1) is 16.9. The van der Waals surface area contributed by atoms with Crippen molar-refractivity contribution in [3.8, 4) is 5.75 Å². The molecular formula is C28H43N3O5. The highest BCUT2D eigenvalue weighted by atomic mass is 16.6. The van der Waals surface area contributed by atoms with Crippen LogP contribution in [0.1, 0.15) is 105 Å². The Hall–Kier alpha value is -2.77. The third-order valence-corrected chi connectivity index (χ3v) is 7.17. The second-order valence-corrected chi connectivity index (χ2v) is 11.5. The number of carbonyl (C=O) groups excluding carboxylic acids is 3. The maximum absolute atomic E-state index is 13.2. The number of nitrogens with one attached hydrogen (secondary N) is 3. The topological polar surface area (TPSA) is 106 Å². The molecule has 2 saturated carbocycles. The van der Waals surface area contributed by atoms with E-state index in [1.807, 2.05) is 27.7 Å². The molecule has 0 radical (unpaired) electrons. The summed E-state index contributed by atoms with van der Waals surface area (Å²) in [5.41, 5.74) is 1.11. The van der Waals surface area contributed by atoms with Crippen LogP contribution in [0.25, 0.3) is 0 Å². The molecule has 3 rings (SSSR count). The molecule has 0 unspecified atom stereocenters. The van der Waals surface area contributed by atoms with Crippen LogP contribution in [0.2, 0.25) is 0 Å². The zero-order valence-corrected chi connectivity index (χ0v) is 22.7. The third kappa shape index (κ3) is 7.87. The van der Waals surface area contributed by atoms with E-state index in [-0.39, 0.29) is 29.9 Å². The van der Waals surface area contributed by atoms with Gasteiger partial charge >= 0.3 is 6.09 Å². The van der Waals surface area contributed by atoms with E-state index >= 15 is 0 Å². The zero-order chi connectivity index (χ0) is 26.5. The number of amides is 3. The lowest BCUT2D eigenvalue weighted by Crippen LogP contribution is -2.45. The van der Waals surface area contributed by atoms with E-state index in [9.17, 15) is 14.4 Å². The van der Waals surface area contributed by atoms with E-state index in [4.69, 9.17) is 9.47 Å². The molecule has 0 bridgehead atoms. The van der Waals surface area contributed by atoms with Crippen LogP contribution in [0.15, 0.2) is 12.1 Å². The summed E-state index contributed by atoms with van der Waals surface area (Å²) >= 11 is 0. The van der Waals surface area contributed by atoms with Gasteiger partial charge in [0.05, 0.1) is 12.7 Å². The normalized spacial score (nSPS) is 24.4. The highest BCUT2D eigenvalue weighted by molar-refractivity contribution is 6.02. The quantitative estimate of drug-likeness (QED) is 0.515. The summed E-state index contributed by atoms with van der Waals surface area (Å²) in [7, 11) is 1.53. The van der Waals surface area contributed by atoms with Crippen molar-refractivity contribution in [1.82, 2.24) is 16.0 Å². The van der Waals surface area contributed by atoms with Crippen LogP contribution in [-0.2, 0) is 4.74 Å². The van der Waals surface area contributed by atoms with E-state index in [1.165, 1.54) is 7.11 Å². The molecule has 3 N–H and O–H groups in total. The maximum atomic E-state index is 13.2. The molecule has 36 heavy (non-hydrogen) atoms. The second kappa shape index (κ2) is 12.0. The number of methoxy groups -OCH3 is 1. The van der Waals surface area contributed by atoms with Crippen LogP contribution < -0.4 is 20.7 Å². The van der Waals surface area contributed by atoms with Gasteiger partial charge in [-0.3, -0.25) is 9.59 Å². The average molecular weight is 502 g/mol. The molecule has 2 aliphatic carbocycles. The summed E-state index contributed by atoms with van der Waals surface area (Å²) in [6.45, 7) is 9.62. The zero-order valence-electron chi connectivity index (χ0n) is 22.7. The number of rotatable bonds is 6. The SMILES string of the molecule is COc1cc(C)c(C(=O)N[C@H]2CC[C@H](C)CC2)cc1C(=O)N[C@H]1CC[C@H](NC(=O)OC(C)(C)C)CC1. The first kappa shape index (κ1) is 27.8. The number of alkyl carbamates (subject to hydrolysis) is 1. The lowest BCUT2D eigenvalue weighted by Gasteiger charge is -2.30. The summed E-state index contributed by atoms with van der Waals surface area (Å²) in [5.74, 6) is 0.765. The van der Waals surface area contributed by atoms with Crippen LogP contribution in [0.3, 0.4) is 0 Å². The average Bonchev–Trinajstić information content (AvgIpc) is 2.80. The Morgan fingerprint density at radius 1 is 0.778 bits per heavy atom. The number of hydrogen-bond acceptors (Lipinski definition) is 5. The smallest absolute Gasteiger partial charge is 0.407 e. The van der Waals surface area contributed by atoms with Gasteiger partial charge in [-0.2, -0.15) is 0 Å². The van der Waals surface area contributed by atoms with Gasteiger partial charge in [0.1, 0.15) is 11.4 Å². The predicted octanol–water partition coefficient (Wildman–Crippen LogP) is 4.88. The monoisotopic (exact) mass is 501 g/mol. The Morgan fingerprint density at radius 2 is 1.25 bits per heavy atom. The minimum Gasteiger partial charge on any atom is -0.496 e. The number of carbonyl (C=O) groups is 3. The second-order valence-electron chi connectivity index (χ2n) is 11.5. The van der Waals surface area contributed by atoms with Crippen molar-refractivity contribution in [3.63, 3.8) is 0 Å². The lowest BCUT2D eigenvalue weighted by molar-refractivity contribution is 0.0487. The van der Waals surface area contributed by atoms with Crippen LogP contribution in [-0.4, -0.2) is 48.7 Å². The van der Waals surface area contributed by atoms with Gasteiger partial charge in [0.25, 0.3) is 11.8 Å². The van der Waals surface area contributed by atoms with Crippen molar-refractivity contribution in [1.29, 1.82) is 0 Å². The maximum Gasteiger partial charge on any atom is 0.407 e. The van der Waals surface area contributed by atoms with Gasteiger partial charge < -0.3 is 25.4 Å². The fraction of sp³-hybridized carbons (Fsp3) is 0.679. The molecule has 8 heteroatoms. The molecular weight excluding hydrogens is 458 g/mol. The molecule has 1 aromatic rings. The van der Waals surface area contributed by atoms with E-state index in [0.717, 1.165) is 56.9 Å². The summed E-state index contributed by atoms with van der Waals surface area (Å²) in [4.78, 5) is 38.3. The standard InChI is InChI=1S/C28H43N3O5/c1-17-7-9-19(10-8-17)29-25(32)22-16-23(24(35-6)15-18(22)2)26(33)30-20-11-13-21(14-12-20)31-27(34)36-28(3,4)5/h15-17,19-21H,7-14H2,1-6H3,(H,29,32)(H,30,33)(H,31,34)/t17-,19-,20-,21-. The highest BCUT2D eigenvalue weighted by Gasteiger charge is 2.28. The minimum atomic E-state index is -0.535. The van der Waals surface area contributed by atoms with Crippen molar-refractivity contribution >= 4 is 17.9 Å². The summed E-state index contributed by atoms with van der Waals surface area (Å²) < 4.78 is 10.8. The van der Waals surface area contributed by atoms with Crippen molar-refractivity contribution in [2.75, 3.05) is 7.11 Å². The molecule has 2 aliphatic rings. The first-order valence-electron chi connectivity index (χ1n) is 13.2. The van der Waals surface area contributed by atoms with E-state index in [2.05, 4.69) is 22.9 Å². The first-order valence-corrected chi connectivity index (χ1v) is 13.2. The van der Waals surface area contributed by atoms with Crippen molar-refractivity contribution in [2.45, 2.75) is 110 Å². The van der Waals surface area contributed by atoms with Crippen LogP contribution in [0.5, 0.6) is 5.75 Å². The summed E-state index contributed by atoms with van der Waals surface area (Å²) in [5, 5.41) is 9.18. The fourth-order valence-electron chi connectivity index (χ4n) is 5.06. The van der Waals surface area contributed by atoms with Crippen molar-refractivity contribution in [2.24, 2.45) is 5.92 Å². The number of aryl methyl sites for hydroxylation is 1. The van der Waals surface area contributed by atoms with Gasteiger partial charge in [0, 0.05) is 23.7 Å². The predicted molar refractivity (Wildman–Crippen MR) is 139 cm³/mol. The number of hydrogen-bond donors (Lipinski definition) is 3. The molecule has 0 saturated heterocycles. The largest absolute Gasteiger partial charge is 0.496 e. The van der Waals surface area contributed by atoms with Gasteiger partial charge in [-0.1, -0.05) is 6.92 Å². The molecule has 3 amide bonds. The Labute approximate surface area is 215 Å². The molecule has 1 aromatic carbocycles. The molecule has 2 fully saturated rings. The number of benzene rings is 1. The fourth-order valence-corrected chi connectivity index (χ4v) is 5.06. The molecule has 0 aromatic heterocycles. The Kier molecular flexibility index (Phi) is 9.25. The van der Waals surface area contributed by atoms with Crippen molar-refractivity contribution < 1.29 is 23.9 Å². The van der Waals surface area contributed by atoms with E-state index in [1.54, 1.807) is 12.1 Å². The molecule has 8 nitrogen and oxygen atoms in total. The van der Waals surface area contributed by atoms with Gasteiger partial charge in [-0.05, 0) is 103 Å². The van der Waals surface area contributed by atoms with Gasteiger partial charge in [-0.15, -0.1) is 0 Å². The molecule has 0 heterocycles. The lowest BCUT2D eigenvalue weighted by atomic mass is 9.87. The third-order valence-electron chi connectivity index (χ3n) is 7.17. The van der Waals surface area contributed by atoms with E-state index < -0.39 is 11.7 Å². The Balaban J connectivity index is 1.59. The summed E-state index contributed by atoms with van der Waals surface area (Å²) in [6, 6.07) is 3.60. The van der Waals surface area contributed by atoms with E-state index in [0.29, 0.717) is 22.8 Å². The van der Waals surface area contributed by atoms with Gasteiger partial charge in [0.2, 0.25) is 0 Å². The molecule has 0 atom stereocenters. The number of ether oxygens (including phenoxy) is 2. The van der Waals surface area contributed by atoms with Crippen LogP contribution in [0, 0.1) is 12.8 Å². The minimum absolute atomic E-state index is 0.0123. The van der Waals surface area contributed by atoms with Crippen LogP contribution >= 0.6 is 0 Å². The van der Waals surface area contributed by atoms with Gasteiger partial charge in [0.15, 0.2) is 0 Å². The Bertz CT molecular complexity index is 939. The van der Waals surface area contributed by atoms with Crippen molar-refractivity contribution in [3.05, 3.63) is 28.8 Å². The van der Waals surface area contributed by atoms with Crippen LogP contribution in [0.4, 0.5) is 4.79 Å². The molecule has 0 spiro atoms. The summed E-state index contributed by atoms with van der Waals surface area (Å²) in [6.07, 6.45) is 6.80. The Morgan fingerprint density at radius 3 is 1.75 bits per heavy atom. The van der Waals surface area contributed by atoms with Gasteiger partial charge in [-0.25, -0.2) is 4.79 Å². The highest BCUT2D eigenvalue weighted by Crippen LogP contribution is 2.27.